The second kappa shape index (κ2) is 13.5. The molecule has 0 spiro atoms. The molecule has 2 aromatic rings. The number of rotatable bonds is 10. The van der Waals surface area contributed by atoms with Crippen LogP contribution in [-0.4, -0.2) is 43.2 Å². The number of ether oxygens (including phenoxy) is 2. The van der Waals surface area contributed by atoms with Crippen LogP contribution in [0.15, 0.2) is 41.5 Å². The molecule has 182 valence electrons. The minimum absolute atomic E-state index is 0.107. The molecule has 1 atom stereocenters. The number of hydrogen-bond donors (Lipinski definition) is 3. The van der Waals surface area contributed by atoms with Crippen LogP contribution >= 0.6 is 22.6 Å². The number of carbonyl (C=O) groups is 3. The Morgan fingerprint density at radius 3 is 2.44 bits per heavy atom. The van der Waals surface area contributed by atoms with Crippen molar-refractivity contribution in [2.75, 3.05) is 18.5 Å². The smallest absolute Gasteiger partial charge is 0.329 e. The summed E-state index contributed by atoms with van der Waals surface area (Å²) >= 11 is 2.07. The number of carbonyl (C=O) groups excluding carboxylic acids is 3. The number of benzene rings is 2. The fourth-order valence-electron chi connectivity index (χ4n) is 2.64. The Morgan fingerprint density at radius 2 is 1.79 bits per heavy atom. The van der Waals surface area contributed by atoms with Crippen molar-refractivity contribution in [2.45, 2.75) is 40.2 Å². The van der Waals surface area contributed by atoms with E-state index < -0.39 is 11.8 Å². The van der Waals surface area contributed by atoms with Crippen molar-refractivity contribution >= 4 is 52.2 Å². The van der Waals surface area contributed by atoms with E-state index >= 15 is 0 Å². The van der Waals surface area contributed by atoms with E-state index in [0.717, 1.165) is 5.56 Å². The molecule has 2 aromatic carbocycles. The fourth-order valence-corrected chi connectivity index (χ4v) is 3.43. The second-order valence-corrected chi connectivity index (χ2v) is 8.61. The van der Waals surface area contributed by atoms with Gasteiger partial charge in [-0.25, -0.2) is 5.43 Å². The molecule has 0 fully saturated rings. The SMILES string of the molecule is CCOc1cc(/C=N\NC(=O)C(=O)N[C@@H](C)CC)cc(I)c1OCC(=O)Nc1ccc(C)cc1. The number of anilines is 1. The molecule has 9 nitrogen and oxygen atoms in total. The summed E-state index contributed by atoms with van der Waals surface area (Å²) in [6.45, 7) is 7.70. The van der Waals surface area contributed by atoms with Crippen molar-refractivity contribution in [3.05, 3.63) is 51.1 Å². The molecule has 0 saturated carbocycles. The fraction of sp³-hybridized carbons (Fsp3) is 0.333. The second-order valence-electron chi connectivity index (χ2n) is 7.45. The zero-order valence-electron chi connectivity index (χ0n) is 19.6. The third kappa shape index (κ3) is 8.65. The summed E-state index contributed by atoms with van der Waals surface area (Å²) < 4.78 is 12.1. The quantitative estimate of drug-likeness (QED) is 0.173. The van der Waals surface area contributed by atoms with E-state index in [4.69, 9.17) is 9.47 Å². The largest absolute Gasteiger partial charge is 0.490 e. The highest BCUT2D eigenvalue weighted by Gasteiger charge is 2.16. The Hall–Kier alpha value is -3.15. The van der Waals surface area contributed by atoms with Crippen LogP contribution < -0.4 is 25.5 Å². The van der Waals surface area contributed by atoms with Gasteiger partial charge < -0.3 is 20.1 Å². The van der Waals surface area contributed by atoms with Gasteiger partial charge >= 0.3 is 11.8 Å². The Bertz CT molecular complexity index is 1040. The van der Waals surface area contributed by atoms with Gasteiger partial charge in [-0.3, -0.25) is 14.4 Å². The third-order valence-corrected chi connectivity index (χ3v) is 5.39. The molecule has 0 heterocycles. The van der Waals surface area contributed by atoms with Crippen molar-refractivity contribution in [3.8, 4) is 11.5 Å². The molecular weight excluding hydrogens is 551 g/mol. The van der Waals surface area contributed by atoms with Crippen LogP contribution in [0.25, 0.3) is 0 Å². The van der Waals surface area contributed by atoms with Crippen LogP contribution in [-0.2, 0) is 14.4 Å². The van der Waals surface area contributed by atoms with Crippen LogP contribution in [0.2, 0.25) is 0 Å². The molecular formula is C24H29IN4O5. The highest BCUT2D eigenvalue weighted by atomic mass is 127. The monoisotopic (exact) mass is 580 g/mol. The first-order valence-corrected chi connectivity index (χ1v) is 11.9. The highest BCUT2D eigenvalue weighted by Crippen LogP contribution is 2.34. The van der Waals surface area contributed by atoms with Gasteiger partial charge in [-0.05, 0) is 79.6 Å². The average Bonchev–Trinajstić information content (AvgIpc) is 2.80. The van der Waals surface area contributed by atoms with Crippen molar-refractivity contribution in [1.29, 1.82) is 0 Å². The molecule has 0 aliphatic heterocycles. The number of hydrazone groups is 1. The maximum atomic E-state index is 12.3. The summed E-state index contributed by atoms with van der Waals surface area (Å²) in [7, 11) is 0. The normalized spacial score (nSPS) is 11.6. The lowest BCUT2D eigenvalue weighted by Crippen LogP contribution is -2.41. The van der Waals surface area contributed by atoms with Crippen LogP contribution in [0, 0.1) is 10.5 Å². The highest BCUT2D eigenvalue weighted by molar-refractivity contribution is 14.1. The predicted molar refractivity (Wildman–Crippen MR) is 139 cm³/mol. The molecule has 0 saturated heterocycles. The lowest BCUT2D eigenvalue weighted by Gasteiger charge is -2.14. The zero-order valence-corrected chi connectivity index (χ0v) is 21.8. The summed E-state index contributed by atoms with van der Waals surface area (Å²) in [6.07, 6.45) is 2.11. The molecule has 0 unspecified atom stereocenters. The topological polar surface area (TPSA) is 118 Å². The van der Waals surface area contributed by atoms with Gasteiger partial charge in [0.25, 0.3) is 5.91 Å². The van der Waals surface area contributed by atoms with Gasteiger partial charge in [-0.15, -0.1) is 0 Å². The number of amides is 3. The van der Waals surface area contributed by atoms with Gasteiger partial charge in [0.05, 0.1) is 16.4 Å². The lowest BCUT2D eigenvalue weighted by atomic mass is 10.2. The minimum atomic E-state index is -0.851. The molecule has 2 rings (SSSR count). The van der Waals surface area contributed by atoms with Gasteiger partial charge in [-0.1, -0.05) is 24.6 Å². The van der Waals surface area contributed by atoms with Crippen LogP contribution in [0.4, 0.5) is 5.69 Å². The van der Waals surface area contributed by atoms with Gasteiger partial charge in [0, 0.05) is 11.7 Å². The van der Waals surface area contributed by atoms with E-state index in [-0.39, 0.29) is 18.6 Å². The Kier molecular flexibility index (Phi) is 10.8. The number of nitrogens with one attached hydrogen (secondary N) is 3. The van der Waals surface area contributed by atoms with Crippen LogP contribution in [0.5, 0.6) is 11.5 Å². The van der Waals surface area contributed by atoms with E-state index in [1.165, 1.54) is 6.21 Å². The Morgan fingerprint density at radius 1 is 1.09 bits per heavy atom. The van der Waals surface area contributed by atoms with Gasteiger partial charge in [0.1, 0.15) is 0 Å². The first kappa shape index (κ1) is 27.1. The number of aryl methyl sites for hydroxylation is 1. The molecule has 10 heteroatoms. The number of hydrogen-bond acceptors (Lipinski definition) is 6. The number of halogens is 1. The molecule has 0 aliphatic rings. The summed E-state index contributed by atoms with van der Waals surface area (Å²) in [6, 6.07) is 10.8. The molecule has 0 radical (unpaired) electrons. The molecule has 3 amide bonds. The maximum absolute atomic E-state index is 12.3. The summed E-state index contributed by atoms with van der Waals surface area (Å²) in [5.74, 6) is -1.04. The maximum Gasteiger partial charge on any atom is 0.329 e. The van der Waals surface area contributed by atoms with Crippen LogP contribution in [0.3, 0.4) is 0 Å². The number of nitrogens with zero attached hydrogens (tertiary/aromatic N) is 1. The molecule has 0 aliphatic carbocycles. The standard InChI is InChI=1S/C24H29IN4O5/c1-5-16(4)27-23(31)24(32)29-26-13-17-11-19(25)22(20(12-17)33-6-2)34-14-21(30)28-18-9-7-15(3)8-10-18/h7-13,16H,5-6,14H2,1-4H3,(H,27,31)(H,28,30)(H,29,32)/b26-13-/t16-/m0/s1. The molecule has 34 heavy (non-hydrogen) atoms. The third-order valence-electron chi connectivity index (χ3n) is 4.59. The Labute approximate surface area is 212 Å². The predicted octanol–water partition coefficient (Wildman–Crippen LogP) is 3.38. The first-order valence-electron chi connectivity index (χ1n) is 10.8. The van der Waals surface area contributed by atoms with Gasteiger partial charge in [0.15, 0.2) is 18.1 Å². The summed E-state index contributed by atoms with van der Waals surface area (Å²) in [5, 5.41) is 9.20. The van der Waals surface area contributed by atoms with Crippen molar-refractivity contribution in [2.24, 2.45) is 5.10 Å². The van der Waals surface area contributed by atoms with Crippen molar-refractivity contribution in [1.82, 2.24) is 10.7 Å². The minimum Gasteiger partial charge on any atom is -0.490 e. The van der Waals surface area contributed by atoms with Crippen molar-refractivity contribution in [3.63, 3.8) is 0 Å². The Balaban J connectivity index is 2.03. The van der Waals surface area contributed by atoms with Gasteiger partial charge in [0.2, 0.25) is 0 Å². The van der Waals surface area contributed by atoms with E-state index in [9.17, 15) is 14.4 Å². The molecule has 0 aromatic heterocycles. The zero-order chi connectivity index (χ0) is 25.1. The van der Waals surface area contributed by atoms with E-state index in [1.54, 1.807) is 19.1 Å². The van der Waals surface area contributed by atoms with E-state index in [1.807, 2.05) is 45.0 Å². The van der Waals surface area contributed by atoms with Crippen LogP contribution in [0.1, 0.15) is 38.3 Å². The van der Waals surface area contributed by atoms with Gasteiger partial charge in [-0.2, -0.15) is 5.10 Å². The van der Waals surface area contributed by atoms with E-state index in [2.05, 4.69) is 43.8 Å². The average molecular weight is 580 g/mol. The van der Waals surface area contributed by atoms with Crippen molar-refractivity contribution < 1.29 is 23.9 Å². The van der Waals surface area contributed by atoms with E-state index in [0.29, 0.717) is 39.3 Å². The summed E-state index contributed by atoms with van der Waals surface area (Å²) in [5.41, 5.74) is 4.61. The first-order chi connectivity index (χ1) is 16.2. The lowest BCUT2D eigenvalue weighted by molar-refractivity contribution is -0.139. The summed E-state index contributed by atoms with van der Waals surface area (Å²) in [4.78, 5) is 35.9. The molecule has 3 N–H and O–H groups in total. The molecule has 0 bridgehead atoms.